The summed E-state index contributed by atoms with van der Waals surface area (Å²) in [6.45, 7) is 6.44. The van der Waals surface area contributed by atoms with Gasteiger partial charge in [-0.15, -0.1) is 24.0 Å². The van der Waals surface area contributed by atoms with Crippen molar-refractivity contribution in [3.8, 4) is 0 Å². The smallest absolute Gasteiger partial charge is 0.191 e. The van der Waals surface area contributed by atoms with Crippen molar-refractivity contribution in [1.29, 1.82) is 0 Å². The molecule has 0 spiro atoms. The van der Waals surface area contributed by atoms with Crippen LogP contribution in [0.4, 0.5) is 4.39 Å². The third-order valence-corrected chi connectivity index (χ3v) is 4.48. The average Bonchev–Trinajstić information content (AvgIpc) is 2.61. The molecule has 2 rings (SSSR count). The van der Waals surface area contributed by atoms with Crippen molar-refractivity contribution in [2.45, 2.75) is 32.4 Å². The van der Waals surface area contributed by atoms with Gasteiger partial charge in [0.15, 0.2) is 5.96 Å². The van der Waals surface area contributed by atoms with Crippen molar-refractivity contribution in [2.75, 3.05) is 27.7 Å². The summed E-state index contributed by atoms with van der Waals surface area (Å²) < 4.78 is 13.5. The molecule has 0 saturated heterocycles. The molecule has 0 bridgehead atoms. The first-order valence-electron chi connectivity index (χ1n) is 9.23. The molecule has 0 radical (unpaired) electrons. The van der Waals surface area contributed by atoms with Crippen molar-refractivity contribution in [1.82, 2.24) is 15.5 Å². The first kappa shape index (κ1) is 24.4. The van der Waals surface area contributed by atoms with Gasteiger partial charge >= 0.3 is 0 Å². The highest BCUT2D eigenvalue weighted by molar-refractivity contribution is 14.0. The number of nitrogens with one attached hydrogen (secondary N) is 2. The van der Waals surface area contributed by atoms with Crippen molar-refractivity contribution < 1.29 is 4.39 Å². The molecule has 154 valence electrons. The fourth-order valence-electron chi connectivity index (χ4n) is 2.93. The Kier molecular flexibility index (Phi) is 9.89. The Hall–Kier alpha value is -1.67. The van der Waals surface area contributed by atoms with E-state index in [1.165, 1.54) is 17.2 Å². The molecule has 2 aromatic rings. The van der Waals surface area contributed by atoms with Crippen LogP contribution < -0.4 is 10.6 Å². The van der Waals surface area contributed by atoms with Gasteiger partial charge in [0, 0.05) is 32.1 Å². The van der Waals surface area contributed by atoms with E-state index in [4.69, 9.17) is 0 Å². The quantitative estimate of drug-likeness (QED) is 0.343. The lowest BCUT2D eigenvalue weighted by atomic mass is 9.84. The van der Waals surface area contributed by atoms with Crippen LogP contribution in [0.15, 0.2) is 53.5 Å². The number of nitrogens with zero attached hydrogens (tertiary/aromatic N) is 2. The molecule has 0 heterocycles. The summed E-state index contributed by atoms with van der Waals surface area (Å²) in [5, 5.41) is 6.71. The molecule has 0 amide bonds. The van der Waals surface area contributed by atoms with E-state index >= 15 is 0 Å². The van der Waals surface area contributed by atoms with Gasteiger partial charge in [0.1, 0.15) is 5.82 Å². The Morgan fingerprint density at radius 1 is 1.04 bits per heavy atom. The Labute approximate surface area is 185 Å². The third-order valence-electron chi connectivity index (χ3n) is 4.48. The summed E-state index contributed by atoms with van der Waals surface area (Å²) in [6.07, 6.45) is 0. The number of benzene rings is 2. The van der Waals surface area contributed by atoms with Crippen LogP contribution in [0.3, 0.4) is 0 Å². The Morgan fingerprint density at radius 3 is 2.36 bits per heavy atom. The molecule has 0 aliphatic carbocycles. The van der Waals surface area contributed by atoms with Crippen LogP contribution in [0, 0.1) is 5.82 Å². The van der Waals surface area contributed by atoms with Gasteiger partial charge in [0.25, 0.3) is 0 Å². The second kappa shape index (κ2) is 11.4. The normalized spacial score (nSPS) is 11.9. The maximum absolute atomic E-state index is 13.5. The molecule has 4 nitrogen and oxygen atoms in total. The highest BCUT2D eigenvalue weighted by atomic mass is 127. The van der Waals surface area contributed by atoms with Gasteiger partial charge in [-0.2, -0.15) is 0 Å². The van der Waals surface area contributed by atoms with Crippen molar-refractivity contribution in [3.05, 3.63) is 71.0 Å². The van der Waals surface area contributed by atoms with E-state index in [0.717, 1.165) is 18.1 Å². The zero-order chi connectivity index (χ0) is 19.9. The summed E-state index contributed by atoms with van der Waals surface area (Å²) in [4.78, 5) is 6.45. The van der Waals surface area contributed by atoms with Crippen molar-refractivity contribution >= 4 is 29.9 Å². The zero-order valence-electron chi connectivity index (χ0n) is 17.4. The Morgan fingerprint density at radius 2 is 1.71 bits per heavy atom. The molecule has 0 aliphatic rings. The van der Waals surface area contributed by atoms with Gasteiger partial charge in [0.2, 0.25) is 0 Å². The monoisotopic (exact) mass is 498 g/mol. The lowest BCUT2D eigenvalue weighted by Crippen LogP contribution is -2.43. The van der Waals surface area contributed by atoms with Crippen LogP contribution in [0.5, 0.6) is 0 Å². The first-order chi connectivity index (χ1) is 12.8. The Balaban J connectivity index is 0.00000392. The fraction of sp³-hybridized carbons (Fsp3) is 0.409. The molecule has 28 heavy (non-hydrogen) atoms. The minimum Gasteiger partial charge on any atom is -0.356 e. The molecule has 6 heteroatoms. The highest BCUT2D eigenvalue weighted by Crippen LogP contribution is 2.22. The Bertz CT molecular complexity index is 775. The van der Waals surface area contributed by atoms with Gasteiger partial charge in [-0.1, -0.05) is 50.2 Å². The number of aliphatic imine (C=N–C) groups is 1. The lowest BCUT2D eigenvalue weighted by molar-refractivity contribution is 0.402. The molecule has 0 aliphatic heterocycles. The van der Waals surface area contributed by atoms with Crippen LogP contribution in [0.1, 0.15) is 30.5 Å². The summed E-state index contributed by atoms with van der Waals surface area (Å²) in [7, 11) is 5.89. The zero-order valence-corrected chi connectivity index (χ0v) is 19.8. The van der Waals surface area contributed by atoms with Gasteiger partial charge < -0.3 is 15.5 Å². The molecule has 2 aromatic carbocycles. The van der Waals surface area contributed by atoms with E-state index in [1.54, 1.807) is 19.2 Å². The minimum atomic E-state index is -0.217. The minimum absolute atomic E-state index is 0. The maximum Gasteiger partial charge on any atom is 0.191 e. The lowest BCUT2D eigenvalue weighted by Gasteiger charge is -2.27. The molecule has 0 fully saturated rings. The molecule has 0 unspecified atom stereocenters. The fourth-order valence-corrected chi connectivity index (χ4v) is 2.93. The van der Waals surface area contributed by atoms with E-state index < -0.39 is 0 Å². The number of guanidine groups is 1. The molecule has 0 aromatic heterocycles. The second-order valence-corrected chi connectivity index (χ2v) is 7.73. The van der Waals surface area contributed by atoms with Crippen molar-refractivity contribution in [2.24, 2.45) is 4.99 Å². The largest absolute Gasteiger partial charge is 0.356 e. The summed E-state index contributed by atoms with van der Waals surface area (Å²) in [5.41, 5.74) is 3.24. The average molecular weight is 498 g/mol. The molecular weight excluding hydrogens is 466 g/mol. The number of halogens is 2. The van der Waals surface area contributed by atoms with E-state index in [0.29, 0.717) is 13.1 Å². The van der Waals surface area contributed by atoms with Crippen LogP contribution in [-0.2, 0) is 18.5 Å². The standard InChI is InChI=1S/C22H31FN4.HI/c1-22(2,19-10-7-11-20(23)13-19)16-26-21(24-3)25-14-17-8-6-9-18(12-17)15-27(4)5;/h6-13H,14-16H2,1-5H3,(H2,24,25,26);1H. The molecular formula is C22H32FIN4. The van der Waals surface area contributed by atoms with Gasteiger partial charge in [-0.25, -0.2) is 4.39 Å². The van der Waals surface area contributed by atoms with E-state index in [-0.39, 0.29) is 35.2 Å². The van der Waals surface area contributed by atoms with Crippen LogP contribution in [0.25, 0.3) is 0 Å². The van der Waals surface area contributed by atoms with Crippen molar-refractivity contribution in [3.63, 3.8) is 0 Å². The predicted octanol–water partition coefficient (Wildman–Crippen LogP) is 4.15. The molecule has 2 N–H and O–H groups in total. The number of rotatable bonds is 7. The number of hydrogen-bond donors (Lipinski definition) is 2. The summed E-state index contributed by atoms with van der Waals surface area (Å²) in [5.74, 6) is 0.526. The number of hydrogen-bond acceptors (Lipinski definition) is 2. The SMILES string of the molecule is CN=C(NCc1cccc(CN(C)C)c1)NCC(C)(C)c1cccc(F)c1.I. The van der Waals surface area contributed by atoms with Gasteiger partial charge in [0.05, 0.1) is 0 Å². The maximum atomic E-state index is 13.5. The van der Waals surface area contributed by atoms with Crippen LogP contribution in [0.2, 0.25) is 0 Å². The van der Waals surface area contributed by atoms with Gasteiger partial charge in [-0.3, -0.25) is 4.99 Å². The topological polar surface area (TPSA) is 39.7 Å². The van der Waals surface area contributed by atoms with E-state index in [2.05, 4.69) is 72.7 Å². The van der Waals surface area contributed by atoms with Crippen LogP contribution >= 0.6 is 24.0 Å². The predicted molar refractivity (Wildman–Crippen MR) is 127 cm³/mol. The van der Waals surface area contributed by atoms with Crippen LogP contribution in [-0.4, -0.2) is 38.5 Å². The summed E-state index contributed by atoms with van der Waals surface area (Å²) >= 11 is 0. The second-order valence-electron chi connectivity index (χ2n) is 7.73. The van der Waals surface area contributed by atoms with E-state index in [1.807, 2.05) is 6.07 Å². The highest BCUT2D eigenvalue weighted by Gasteiger charge is 2.21. The third kappa shape index (κ3) is 7.75. The van der Waals surface area contributed by atoms with E-state index in [9.17, 15) is 4.39 Å². The van der Waals surface area contributed by atoms with Gasteiger partial charge in [-0.05, 0) is 42.9 Å². The molecule has 0 saturated carbocycles. The first-order valence-corrected chi connectivity index (χ1v) is 9.23. The molecule has 0 atom stereocenters. The summed E-state index contributed by atoms with van der Waals surface area (Å²) in [6, 6.07) is 15.3.